The molecule has 7 nitrogen and oxygen atoms in total. The Morgan fingerprint density at radius 1 is 1.08 bits per heavy atom. The summed E-state index contributed by atoms with van der Waals surface area (Å²) in [6.45, 7) is 0. The van der Waals surface area contributed by atoms with Crippen molar-refractivity contribution >= 4 is 11.0 Å². The summed E-state index contributed by atoms with van der Waals surface area (Å²) in [7, 11) is 0. The molecule has 0 spiro atoms. The Hall–Kier alpha value is -3.79. The first-order valence-electron chi connectivity index (χ1n) is 7.14. The fourth-order valence-electron chi connectivity index (χ4n) is 2.55. The lowest BCUT2D eigenvalue weighted by Gasteiger charge is -2.10. The van der Waals surface area contributed by atoms with Gasteiger partial charge < -0.3 is 0 Å². The van der Waals surface area contributed by atoms with E-state index in [2.05, 4.69) is 26.2 Å². The number of aromatic amines is 1. The largest absolute Gasteiger partial charge is 0.285 e. The number of aromatic nitrogens is 5. The third-order valence-corrected chi connectivity index (χ3v) is 3.72. The Morgan fingerprint density at radius 2 is 1.83 bits per heavy atom. The van der Waals surface area contributed by atoms with Crippen LogP contribution in [0, 0.1) is 11.3 Å². The lowest BCUT2D eigenvalue weighted by molar-refractivity contribution is 0.997. The topological polar surface area (TPSA) is 100 Å². The van der Waals surface area contributed by atoms with E-state index >= 15 is 0 Å². The van der Waals surface area contributed by atoms with Crippen LogP contribution < -0.4 is 5.56 Å². The summed E-state index contributed by atoms with van der Waals surface area (Å²) in [4.78, 5) is 21.3. The van der Waals surface area contributed by atoms with E-state index in [0.29, 0.717) is 16.8 Å². The number of fused-ring (bicyclic) bond motifs is 1. The van der Waals surface area contributed by atoms with Crippen LogP contribution in [0.15, 0.2) is 60.0 Å². The van der Waals surface area contributed by atoms with Crippen LogP contribution in [0.2, 0.25) is 0 Å². The molecule has 7 heteroatoms. The van der Waals surface area contributed by atoms with Crippen LogP contribution in [0.5, 0.6) is 0 Å². The Kier molecular flexibility index (Phi) is 3.14. The van der Waals surface area contributed by atoms with Gasteiger partial charge in [0.1, 0.15) is 5.52 Å². The molecular weight excluding hydrogens is 304 g/mol. The Balaban J connectivity index is 2.04. The van der Waals surface area contributed by atoms with Crippen molar-refractivity contribution < 1.29 is 0 Å². The maximum atomic E-state index is 12.8. The average molecular weight is 314 g/mol. The number of rotatable bonds is 2. The molecule has 114 valence electrons. The number of nitrogens with one attached hydrogen (secondary N) is 1. The van der Waals surface area contributed by atoms with Crippen molar-refractivity contribution in [2.24, 2.45) is 0 Å². The first-order chi connectivity index (χ1) is 11.8. The summed E-state index contributed by atoms with van der Waals surface area (Å²) in [5, 5.41) is 15.6. The van der Waals surface area contributed by atoms with Gasteiger partial charge in [-0.05, 0) is 24.3 Å². The van der Waals surface area contributed by atoms with Gasteiger partial charge in [0.05, 0.1) is 17.8 Å². The number of nitriles is 1. The van der Waals surface area contributed by atoms with Gasteiger partial charge in [0.25, 0.3) is 5.56 Å². The number of nitrogens with zero attached hydrogens (tertiary/aromatic N) is 5. The average Bonchev–Trinajstić information content (AvgIpc) is 3.17. The molecule has 0 unspecified atom stereocenters. The molecule has 0 aliphatic carbocycles. The van der Waals surface area contributed by atoms with Crippen molar-refractivity contribution in [2.75, 3.05) is 0 Å². The van der Waals surface area contributed by atoms with Crippen molar-refractivity contribution in [1.82, 2.24) is 24.7 Å². The molecule has 1 N–H and O–H groups in total. The number of hydrogen-bond donors (Lipinski definition) is 1. The molecule has 3 heterocycles. The molecule has 4 aromatic rings. The molecule has 3 aromatic heterocycles. The van der Waals surface area contributed by atoms with E-state index in [9.17, 15) is 4.79 Å². The second-order valence-corrected chi connectivity index (χ2v) is 5.12. The molecule has 0 bridgehead atoms. The van der Waals surface area contributed by atoms with Crippen LogP contribution in [0.3, 0.4) is 0 Å². The van der Waals surface area contributed by atoms with Crippen molar-refractivity contribution in [3.63, 3.8) is 0 Å². The minimum atomic E-state index is -0.268. The van der Waals surface area contributed by atoms with Crippen LogP contribution in [0.1, 0.15) is 5.56 Å². The van der Waals surface area contributed by atoms with Crippen LogP contribution in [-0.4, -0.2) is 24.7 Å². The van der Waals surface area contributed by atoms with Gasteiger partial charge in [-0.2, -0.15) is 10.4 Å². The van der Waals surface area contributed by atoms with Gasteiger partial charge in [-0.25, -0.2) is 4.98 Å². The smallest absolute Gasteiger partial charge is 0.283 e. The number of H-pyrrole nitrogens is 1. The minimum absolute atomic E-state index is 0.268. The predicted octanol–water partition coefficient (Wildman–Crippen LogP) is 2.04. The molecule has 0 radical (unpaired) electrons. The SMILES string of the molecule is N#Cc1ccc(-n2cc(-c3cn[nH]c3)c3nccnc3c2=O)cc1. The molecule has 0 fully saturated rings. The highest BCUT2D eigenvalue weighted by Gasteiger charge is 2.14. The Labute approximate surface area is 135 Å². The third-order valence-electron chi connectivity index (χ3n) is 3.72. The van der Waals surface area contributed by atoms with E-state index in [0.717, 1.165) is 11.1 Å². The van der Waals surface area contributed by atoms with E-state index in [4.69, 9.17) is 5.26 Å². The van der Waals surface area contributed by atoms with Gasteiger partial charge in [-0.3, -0.25) is 19.4 Å². The van der Waals surface area contributed by atoms with Gasteiger partial charge >= 0.3 is 0 Å². The summed E-state index contributed by atoms with van der Waals surface area (Å²) >= 11 is 0. The van der Waals surface area contributed by atoms with Crippen LogP contribution in [-0.2, 0) is 0 Å². The molecule has 4 rings (SSSR count). The van der Waals surface area contributed by atoms with Crippen LogP contribution in [0.4, 0.5) is 0 Å². The predicted molar refractivity (Wildman–Crippen MR) is 87.4 cm³/mol. The fraction of sp³-hybridized carbons (Fsp3) is 0. The Morgan fingerprint density at radius 3 is 2.50 bits per heavy atom. The summed E-state index contributed by atoms with van der Waals surface area (Å²) in [6.07, 6.45) is 8.16. The first kappa shape index (κ1) is 13.8. The van der Waals surface area contributed by atoms with Gasteiger partial charge in [0.15, 0.2) is 5.52 Å². The standard InChI is InChI=1S/C17H10N6O/c18-7-11-1-3-13(4-2-11)23-10-14(12-8-21-22-9-12)15-16(17(23)24)20-6-5-19-15/h1-6,8-10H,(H,21,22). The molecule has 0 aliphatic heterocycles. The van der Waals surface area contributed by atoms with Gasteiger partial charge in [-0.1, -0.05) is 0 Å². The maximum Gasteiger partial charge on any atom is 0.283 e. The van der Waals surface area contributed by atoms with Crippen molar-refractivity contribution in [2.45, 2.75) is 0 Å². The molecule has 0 saturated heterocycles. The highest BCUT2D eigenvalue weighted by atomic mass is 16.1. The summed E-state index contributed by atoms with van der Waals surface area (Å²) in [5.74, 6) is 0. The Bertz CT molecular complexity index is 1120. The van der Waals surface area contributed by atoms with E-state index in [1.165, 1.54) is 10.8 Å². The lowest BCUT2D eigenvalue weighted by Crippen LogP contribution is -2.19. The highest BCUT2D eigenvalue weighted by Crippen LogP contribution is 2.24. The molecule has 0 aliphatic rings. The quantitative estimate of drug-likeness (QED) is 0.610. The van der Waals surface area contributed by atoms with Crippen LogP contribution >= 0.6 is 0 Å². The van der Waals surface area contributed by atoms with E-state index < -0.39 is 0 Å². The number of benzene rings is 1. The van der Waals surface area contributed by atoms with Crippen molar-refractivity contribution in [3.8, 4) is 22.9 Å². The molecule has 0 amide bonds. The van der Waals surface area contributed by atoms with E-state index in [1.54, 1.807) is 49.1 Å². The van der Waals surface area contributed by atoms with E-state index in [1.807, 2.05) is 0 Å². The van der Waals surface area contributed by atoms with Crippen molar-refractivity contribution in [3.05, 3.63) is 71.2 Å². The maximum absolute atomic E-state index is 12.8. The zero-order valence-electron chi connectivity index (χ0n) is 12.3. The minimum Gasteiger partial charge on any atom is -0.285 e. The van der Waals surface area contributed by atoms with E-state index in [-0.39, 0.29) is 11.1 Å². The van der Waals surface area contributed by atoms with Crippen LogP contribution in [0.25, 0.3) is 27.8 Å². The fourth-order valence-corrected chi connectivity index (χ4v) is 2.55. The highest BCUT2D eigenvalue weighted by molar-refractivity contribution is 5.90. The van der Waals surface area contributed by atoms with Gasteiger partial charge in [-0.15, -0.1) is 0 Å². The summed E-state index contributed by atoms with van der Waals surface area (Å²) < 4.78 is 1.50. The molecule has 0 saturated carbocycles. The molecule has 1 aromatic carbocycles. The normalized spacial score (nSPS) is 10.6. The first-order valence-corrected chi connectivity index (χ1v) is 7.14. The second-order valence-electron chi connectivity index (χ2n) is 5.12. The monoisotopic (exact) mass is 314 g/mol. The summed E-state index contributed by atoms with van der Waals surface area (Å²) in [6, 6.07) is 8.84. The third kappa shape index (κ3) is 2.14. The van der Waals surface area contributed by atoms with Crippen molar-refractivity contribution in [1.29, 1.82) is 5.26 Å². The van der Waals surface area contributed by atoms with Gasteiger partial charge in [0.2, 0.25) is 0 Å². The number of hydrogen-bond acceptors (Lipinski definition) is 5. The number of pyridine rings is 1. The molecular formula is C17H10N6O. The van der Waals surface area contributed by atoms with Gasteiger partial charge in [0, 0.05) is 41.6 Å². The summed E-state index contributed by atoms with van der Waals surface area (Å²) in [5.41, 5.74) is 3.27. The second kappa shape index (κ2) is 5.44. The zero-order valence-corrected chi connectivity index (χ0v) is 12.3. The molecule has 24 heavy (non-hydrogen) atoms. The molecule has 0 atom stereocenters. The lowest BCUT2D eigenvalue weighted by atomic mass is 10.1. The zero-order chi connectivity index (χ0) is 16.5.